The van der Waals surface area contributed by atoms with Crippen LogP contribution in [-0.4, -0.2) is 64.5 Å². The fraction of sp³-hybridized carbons (Fsp3) is 0.462. The van der Waals surface area contributed by atoms with Crippen LogP contribution in [0.2, 0.25) is 0 Å². The molecule has 1 fully saturated rings. The van der Waals surface area contributed by atoms with Crippen molar-refractivity contribution in [2.75, 3.05) is 32.7 Å². The summed E-state index contributed by atoms with van der Waals surface area (Å²) < 4.78 is 0. The van der Waals surface area contributed by atoms with Gasteiger partial charge < -0.3 is 15.8 Å². The summed E-state index contributed by atoms with van der Waals surface area (Å²) in [4.78, 5) is 20.3. The van der Waals surface area contributed by atoms with Gasteiger partial charge in [-0.3, -0.25) is 14.7 Å². The van der Waals surface area contributed by atoms with Gasteiger partial charge in [-0.1, -0.05) is 5.16 Å². The lowest BCUT2D eigenvalue weighted by Crippen LogP contribution is -2.50. The molecule has 0 spiro atoms. The number of carbonyl (C=O) groups excluding carboxylic acids is 1. The molecule has 1 aromatic rings. The molecule has 1 amide bonds. The summed E-state index contributed by atoms with van der Waals surface area (Å²) in [5.74, 6) is 0.188. The third-order valence-corrected chi connectivity index (χ3v) is 3.33. The van der Waals surface area contributed by atoms with Gasteiger partial charge >= 0.3 is 0 Å². The monoisotopic (exact) mass is 277 g/mol. The largest absolute Gasteiger partial charge is 0.409 e. The van der Waals surface area contributed by atoms with Gasteiger partial charge in [-0.25, -0.2) is 0 Å². The number of rotatable bonds is 3. The zero-order valence-corrected chi connectivity index (χ0v) is 11.5. The van der Waals surface area contributed by atoms with E-state index in [1.165, 1.54) is 0 Å². The van der Waals surface area contributed by atoms with E-state index in [4.69, 9.17) is 10.9 Å². The molecule has 20 heavy (non-hydrogen) atoms. The van der Waals surface area contributed by atoms with E-state index >= 15 is 0 Å². The second kappa shape index (κ2) is 6.33. The van der Waals surface area contributed by atoms with E-state index in [2.05, 4.69) is 10.1 Å². The average Bonchev–Trinajstić information content (AvgIpc) is 2.48. The van der Waals surface area contributed by atoms with Crippen molar-refractivity contribution in [3.63, 3.8) is 0 Å². The molecule has 1 aliphatic heterocycles. The molecule has 0 aliphatic carbocycles. The standard InChI is InChI=1S/C13H19N5O2/c1-10-2-3-11(8-15-10)13(19)18-6-4-17(5-7-18)9-12(14)16-20/h2-3,8,20H,4-7,9H2,1H3,(H2,14,16). The highest BCUT2D eigenvalue weighted by Crippen LogP contribution is 2.08. The lowest BCUT2D eigenvalue weighted by molar-refractivity contribution is 0.0653. The molecule has 0 saturated carbocycles. The number of aromatic nitrogens is 1. The maximum atomic E-state index is 12.3. The Morgan fingerprint density at radius 3 is 2.65 bits per heavy atom. The van der Waals surface area contributed by atoms with Crippen LogP contribution in [0.5, 0.6) is 0 Å². The highest BCUT2D eigenvalue weighted by atomic mass is 16.4. The topological polar surface area (TPSA) is 95.1 Å². The van der Waals surface area contributed by atoms with Crippen molar-refractivity contribution in [3.8, 4) is 0 Å². The number of hydrogen-bond donors (Lipinski definition) is 2. The van der Waals surface area contributed by atoms with Crippen LogP contribution in [0.3, 0.4) is 0 Å². The predicted molar refractivity (Wildman–Crippen MR) is 74.7 cm³/mol. The number of carbonyl (C=O) groups is 1. The predicted octanol–water partition coefficient (Wildman–Crippen LogP) is -0.106. The van der Waals surface area contributed by atoms with Crippen LogP contribution >= 0.6 is 0 Å². The van der Waals surface area contributed by atoms with Crippen LogP contribution in [-0.2, 0) is 0 Å². The first kappa shape index (κ1) is 14.3. The molecule has 7 nitrogen and oxygen atoms in total. The number of piperazine rings is 1. The van der Waals surface area contributed by atoms with Crippen molar-refractivity contribution in [3.05, 3.63) is 29.6 Å². The van der Waals surface area contributed by atoms with Gasteiger partial charge in [0.1, 0.15) is 0 Å². The van der Waals surface area contributed by atoms with Crippen molar-refractivity contribution in [2.24, 2.45) is 10.9 Å². The molecule has 1 aliphatic rings. The summed E-state index contributed by atoms with van der Waals surface area (Å²) in [5, 5.41) is 11.5. The number of nitrogens with zero attached hydrogens (tertiary/aromatic N) is 4. The Labute approximate surface area is 117 Å². The minimum absolute atomic E-state index is 0.000877. The van der Waals surface area contributed by atoms with Crippen LogP contribution in [0.15, 0.2) is 23.5 Å². The van der Waals surface area contributed by atoms with Gasteiger partial charge in [-0.15, -0.1) is 0 Å². The molecule has 0 bridgehead atoms. The van der Waals surface area contributed by atoms with E-state index in [0.29, 0.717) is 38.3 Å². The fourth-order valence-electron chi connectivity index (χ4n) is 2.15. The van der Waals surface area contributed by atoms with Gasteiger partial charge in [-0.2, -0.15) is 0 Å². The van der Waals surface area contributed by atoms with Gasteiger partial charge in [0, 0.05) is 38.1 Å². The molecular weight excluding hydrogens is 258 g/mol. The fourth-order valence-corrected chi connectivity index (χ4v) is 2.15. The van der Waals surface area contributed by atoms with E-state index in [1.807, 2.05) is 17.9 Å². The molecular formula is C13H19N5O2. The Bertz CT molecular complexity index is 492. The Morgan fingerprint density at radius 2 is 2.10 bits per heavy atom. The third-order valence-electron chi connectivity index (χ3n) is 3.33. The highest BCUT2D eigenvalue weighted by Gasteiger charge is 2.22. The van der Waals surface area contributed by atoms with E-state index in [9.17, 15) is 4.79 Å². The lowest BCUT2D eigenvalue weighted by Gasteiger charge is -2.34. The number of aryl methyl sites for hydroxylation is 1. The summed E-state index contributed by atoms with van der Waals surface area (Å²) in [5.41, 5.74) is 6.98. The average molecular weight is 277 g/mol. The van der Waals surface area contributed by atoms with Gasteiger partial charge in [-0.05, 0) is 19.1 Å². The summed E-state index contributed by atoms with van der Waals surface area (Å²) in [6.07, 6.45) is 1.61. The minimum atomic E-state index is 0.000877. The molecule has 0 aromatic carbocycles. The maximum Gasteiger partial charge on any atom is 0.255 e. The smallest absolute Gasteiger partial charge is 0.255 e. The SMILES string of the molecule is Cc1ccc(C(=O)N2CCN(CC(N)=NO)CC2)cn1. The molecule has 0 unspecified atom stereocenters. The summed E-state index contributed by atoms with van der Waals surface area (Å²) in [6, 6.07) is 3.63. The Balaban J connectivity index is 1.90. The van der Waals surface area contributed by atoms with Crippen molar-refractivity contribution in [1.82, 2.24) is 14.8 Å². The van der Waals surface area contributed by atoms with Crippen LogP contribution in [0, 0.1) is 6.92 Å². The van der Waals surface area contributed by atoms with Gasteiger partial charge in [0.15, 0.2) is 5.84 Å². The number of amidine groups is 1. The van der Waals surface area contributed by atoms with Crippen molar-refractivity contribution in [2.45, 2.75) is 6.92 Å². The van der Waals surface area contributed by atoms with Gasteiger partial charge in [0.25, 0.3) is 5.91 Å². The summed E-state index contributed by atoms with van der Waals surface area (Å²) >= 11 is 0. The molecule has 3 N–H and O–H groups in total. The second-order valence-corrected chi connectivity index (χ2v) is 4.85. The molecule has 1 saturated heterocycles. The third kappa shape index (κ3) is 3.45. The number of nitrogens with two attached hydrogens (primary N) is 1. The molecule has 2 rings (SSSR count). The number of oxime groups is 1. The first-order chi connectivity index (χ1) is 9.60. The van der Waals surface area contributed by atoms with E-state index in [1.54, 1.807) is 17.2 Å². The molecule has 0 radical (unpaired) electrons. The van der Waals surface area contributed by atoms with Gasteiger partial charge in [0.05, 0.1) is 12.1 Å². The number of hydrogen-bond acceptors (Lipinski definition) is 5. The molecule has 0 atom stereocenters. The number of amides is 1. The van der Waals surface area contributed by atoms with Crippen LogP contribution in [0.1, 0.15) is 16.1 Å². The molecule has 2 heterocycles. The molecule has 1 aromatic heterocycles. The van der Waals surface area contributed by atoms with Crippen molar-refractivity contribution >= 4 is 11.7 Å². The van der Waals surface area contributed by atoms with Crippen molar-refractivity contribution < 1.29 is 10.0 Å². The van der Waals surface area contributed by atoms with Crippen LogP contribution < -0.4 is 5.73 Å². The van der Waals surface area contributed by atoms with E-state index < -0.39 is 0 Å². The highest BCUT2D eigenvalue weighted by molar-refractivity contribution is 5.94. The van der Waals surface area contributed by atoms with Gasteiger partial charge in [0.2, 0.25) is 0 Å². The Morgan fingerprint density at radius 1 is 1.40 bits per heavy atom. The zero-order valence-electron chi connectivity index (χ0n) is 11.5. The summed E-state index contributed by atoms with van der Waals surface area (Å²) in [6.45, 7) is 4.99. The van der Waals surface area contributed by atoms with Crippen LogP contribution in [0.4, 0.5) is 0 Å². The lowest BCUT2D eigenvalue weighted by atomic mass is 10.2. The first-order valence-electron chi connectivity index (χ1n) is 6.51. The van der Waals surface area contributed by atoms with E-state index in [0.717, 1.165) is 5.69 Å². The zero-order chi connectivity index (χ0) is 14.5. The number of pyridine rings is 1. The molecule has 7 heteroatoms. The van der Waals surface area contributed by atoms with Crippen LogP contribution in [0.25, 0.3) is 0 Å². The molecule has 108 valence electrons. The van der Waals surface area contributed by atoms with E-state index in [-0.39, 0.29) is 11.7 Å². The quantitative estimate of drug-likeness (QED) is 0.348. The Hall–Kier alpha value is -2.15. The minimum Gasteiger partial charge on any atom is -0.409 e. The maximum absolute atomic E-state index is 12.3. The summed E-state index contributed by atoms with van der Waals surface area (Å²) in [7, 11) is 0. The normalized spacial score (nSPS) is 17.2. The Kier molecular flexibility index (Phi) is 4.52. The second-order valence-electron chi connectivity index (χ2n) is 4.85. The first-order valence-corrected chi connectivity index (χ1v) is 6.51. The van der Waals surface area contributed by atoms with Crippen molar-refractivity contribution in [1.29, 1.82) is 0 Å².